The van der Waals surface area contributed by atoms with Crippen molar-refractivity contribution < 1.29 is 14.2 Å². The molecule has 1 N–H and O–H groups in total. The number of rotatable bonds is 4. The van der Waals surface area contributed by atoms with Gasteiger partial charge in [0.15, 0.2) is 5.76 Å². The Kier molecular flexibility index (Phi) is 4.69. The normalized spacial score (nSPS) is 13.6. The van der Waals surface area contributed by atoms with E-state index in [9.17, 15) is 14.9 Å². The molecule has 8 nitrogen and oxygen atoms in total. The Hall–Kier alpha value is -2.90. The van der Waals surface area contributed by atoms with Crippen LogP contribution in [-0.2, 0) is 19.5 Å². The predicted molar refractivity (Wildman–Crippen MR) is 90.0 cm³/mol. The molecule has 2 heterocycles. The summed E-state index contributed by atoms with van der Waals surface area (Å²) >= 11 is 0. The van der Waals surface area contributed by atoms with Gasteiger partial charge in [0, 0.05) is 30.8 Å². The quantitative estimate of drug-likeness (QED) is 0.678. The van der Waals surface area contributed by atoms with Crippen molar-refractivity contribution in [3.63, 3.8) is 0 Å². The molecule has 3 rings (SSSR count). The maximum absolute atomic E-state index is 12.4. The summed E-state index contributed by atoms with van der Waals surface area (Å²) in [5, 5.41) is 17.9. The minimum Gasteiger partial charge on any atom is -0.359 e. The van der Waals surface area contributed by atoms with E-state index in [-0.39, 0.29) is 29.1 Å². The Labute approximate surface area is 144 Å². The van der Waals surface area contributed by atoms with Crippen LogP contribution in [0.5, 0.6) is 0 Å². The van der Waals surface area contributed by atoms with Crippen LogP contribution in [-0.4, -0.2) is 27.6 Å². The Morgan fingerprint density at radius 2 is 2.28 bits per heavy atom. The highest BCUT2D eigenvalue weighted by atomic mass is 16.6. The van der Waals surface area contributed by atoms with Crippen molar-refractivity contribution in [1.29, 1.82) is 0 Å². The highest BCUT2D eigenvalue weighted by Gasteiger charge is 2.26. The van der Waals surface area contributed by atoms with Gasteiger partial charge in [-0.3, -0.25) is 10.1 Å². The third-order valence-electron chi connectivity index (χ3n) is 4.31. The van der Waals surface area contributed by atoms with Crippen molar-refractivity contribution in [3.8, 4) is 0 Å². The van der Waals surface area contributed by atoms with Gasteiger partial charge in [0.2, 0.25) is 0 Å². The molecule has 0 bridgehead atoms. The van der Waals surface area contributed by atoms with Crippen LogP contribution in [0.2, 0.25) is 0 Å². The summed E-state index contributed by atoms with van der Waals surface area (Å²) in [6, 6.07) is 6.59. The van der Waals surface area contributed by atoms with Crippen LogP contribution in [0.15, 0.2) is 28.8 Å². The third-order valence-corrected chi connectivity index (χ3v) is 4.31. The summed E-state index contributed by atoms with van der Waals surface area (Å²) in [4.78, 5) is 24.7. The monoisotopic (exact) mass is 344 g/mol. The first kappa shape index (κ1) is 16.9. The molecule has 0 aliphatic carbocycles. The molecule has 2 amide bonds. The molecular weight excluding hydrogens is 324 g/mol. The molecule has 0 unspecified atom stereocenters. The molecular formula is C17H20N4O4. The van der Waals surface area contributed by atoms with Crippen molar-refractivity contribution in [2.45, 2.75) is 39.3 Å². The van der Waals surface area contributed by atoms with E-state index in [4.69, 9.17) is 4.52 Å². The Balaban J connectivity index is 1.62. The van der Waals surface area contributed by atoms with Gasteiger partial charge in [-0.05, 0) is 17.9 Å². The van der Waals surface area contributed by atoms with Gasteiger partial charge < -0.3 is 14.7 Å². The van der Waals surface area contributed by atoms with Crippen molar-refractivity contribution in [1.82, 2.24) is 15.4 Å². The molecule has 8 heteroatoms. The summed E-state index contributed by atoms with van der Waals surface area (Å²) in [7, 11) is 0. The summed E-state index contributed by atoms with van der Waals surface area (Å²) in [6.45, 7) is 5.10. The lowest BCUT2D eigenvalue weighted by molar-refractivity contribution is -0.385. The number of nitro benzene ring substituents is 1. The van der Waals surface area contributed by atoms with Crippen LogP contribution in [0.25, 0.3) is 0 Å². The first-order valence-electron chi connectivity index (χ1n) is 8.19. The fourth-order valence-corrected chi connectivity index (χ4v) is 2.89. The van der Waals surface area contributed by atoms with Gasteiger partial charge in [0.25, 0.3) is 5.69 Å². The first-order valence-corrected chi connectivity index (χ1v) is 8.19. The molecule has 1 aliphatic heterocycles. The molecule has 1 aromatic carbocycles. The number of aromatic nitrogens is 1. The fourth-order valence-electron chi connectivity index (χ4n) is 2.89. The van der Waals surface area contributed by atoms with Crippen LogP contribution < -0.4 is 5.32 Å². The maximum atomic E-state index is 12.4. The summed E-state index contributed by atoms with van der Waals surface area (Å²) in [5.74, 6) is 0.868. The van der Waals surface area contributed by atoms with Crippen LogP contribution in [0.1, 0.15) is 42.3 Å². The van der Waals surface area contributed by atoms with E-state index in [2.05, 4.69) is 10.5 Å². The molecule has 1 aliphatic rings. The van der Waals surface area contributed by atoms with Gasteiger partial charge in [-0.1, -0.05) is 31.1 Å². The van der Waals surface area contributed by atoms with Crippen molar-refractivity contribution >= 4 is 11.7 Å². The number of amides is 2. The molecule has 25 heavy (non-hydrogen) atoms. The summed E-state index contributed by atoms with van der Waals surface area (Å²) < 4.78 is 5.20. The second-order valence-electron chi connectivity index (χ2n) is 6.37. The van der Waals surface area contributed by atoms with Gasteiger partial charge in [0.1, 0.15) is 0 Å². The second kappa shape index (κ2) is 6.92. The van der Waals surface area contributed by atoms with Crippen LogP contribution >= 0.6 is 0 Å². The molecule has 2 aromatic rings. The zero-order valence-corrected chi connectivity index (χ0v) is 14.2. The number of hydrogen-bond acceptors (Lipinski definition) is 5. The number of urea groups is 1. The van der Waals surface area contributed by atoms with Crippen LogP contribution in [0.3, 0.4) is 0 Å². The second-order valence-corrected chi connectivity index (χ2v) is 6.37. The SMILES string of the molecule is CC(C)c1cc(CNC(=O)N2CCc3c(cccc3[N+](=O)[O-])C2)on1. The number of nitrogens with zero attached hydrogens (tertiary/aromatic N) is 3. The van der Waals surface area contributed by atoms with E-state index in [0.717, 1.165) is 11.3 Å². The Bertz CT molecular complexity index is 800. The molecule has 0 saturated heterocycles. The lowest BCUT2D eigenvalue weighted by Crippen LogP contribution is -2.42. The summed E-state index contributed by atoms with van der Waals surface area (Å²) in [5.41, 5.74) is 2.51. The number of fused-ring (bicyclic) bond motifs is 1. The predicted octanol–water partition coefficient (Wildman–Crippen LogP) is 2.97. The van der Waals surface area contributed by atoms with Gasteiger partial charge >= 0.3 is 6.03 Å². The number of nitro groups is 1. The van der Waals surface area contributed by atoms with E-state index >= 15 is 0 Å². The van der Waals surface area contributed by atoms with Crippen LogP contribution in [0, 0.1) is 10.1 Å². The number of benzene rings is 1. The van der Waals surface area contributed by atoms with Crippen molar-refractivity contribution in [3.05, 3.63) is 57.0 Å². The van der Waals surface area contributed by atoms with Gasteiger partial charge in [-0.2, -0.15) is 0 Å². The van der Waals surface area contributed by atoms with E-state index in [1.807, 2.05) is 26.0 Å². The molecule has 132 valence electrons. The van der Waals surface area contributed by atoms with Gasteiger partial charge in [-0.15, -0.1) is 0 Å². The van der Waals surface area contributed by atoms with E-state index in [0.29, 0.717) is 30.8 Å². The van der Waals surface area contributed by atoms with E-state index in [1.54, 1.807) is 11.0 Å². The molecule has 0 fully saturated rings. The third kappa shape index (κ3) is 3.62. The summed E-state index contributed by atoms with van der Waals surface area (Å²) in [6.07, 6.45) is 0.472. The maximum Gasteiger partial charge on any atom is 0.318 e. The van der Waals surface area contributed by atoms with Gasteiger partial charge in [-0.25, -0.2) is 4.79 Å². The number of hydrogen-bond donors (Lipinski definition) is 1. The topological polar surface area (TPSA) is 102 Å². The lowest BCUT2D eigenvalue weighted by atomic mass is 9.98. The molecule has 0 spiro atoms. The molecule has 0 saturated carbocycles. The highest BCUT2D eigenvalue weighted by Crippen LogP contribution is 2.27. The highest BCUT2D eigenvalue weighted by molar-refractivity contribution is 5.74. The number of carbonyl (C=O) groups is 1. The standard InChI is InChI=1S/C17H20N4O4/c1-11(2)15-8-13(25-19-15)9-18-17(22)20-7-6-14-12(10-20)4-3-5-16(14)21(23)24/h3-5,8,11H,6-7,9-10H2,1-2H3,(H,18,22). The minimum atomic E-state index is -0.370. The molecule has 0 atom stereocenters. The zero-order chi connectivity index (χ0) is 18.0. The smallest absolute Gasteiger partial charge is 0.318 e. The largest absolute Gasteiger partial charge is 0.359 e. The van der Waals surface area contributed by atoms with E-state index < -0.39 is 0 Å². The lowest BCUT2D eigenvalue weighted by Gasteiger charge is -2.28. The van der Waals surface area contributed by atoms with Gasteiger partial charge in [0.05, 0.1) is 17.2 Å². The average molecular weight is 344 g/mol. The Morgan fingerprint density at radius 3 is 2.96 bits per heavy atom. The molecule has 1 aromatic heterocycles. The number of nitrogens with one attached hydrogen (secondary N) is 1. The zero-order valence-electron chi connectivity index (χ0n) is 14.2. The van der Waals surface area contributed by atoms with Crippen molar-refractivity contribution in [2.75, 3.05) is 6.54 Å². The Morgan fingerprint density at radius 1 is 1.48 bits per heavy atom. The molecule has 0 radical (unpaired) electrons. The van der Waals surface area contributed by atoms with Crippen molar-refractivity contribution in [2.24, 2.45) is 0 Å². The first-order chi connectivity index (χ1) is 12.0. The fraction of sp³-hybridized carbons (Fsp3) is 0.412. The number of carbonyl (C=O) groups excluding carboxylic acids is 1. The van der Waals surface area contributed by atoms with E-state index in [1.165, 1.54) is 6.07 Å². The minimum absolute atomic E-state index is 0.125. The average Bonchev–Trinajstić information content (AvgIpc) is 3.07. The van der Waals surface area contributed by atoms with Crippen LogP contribution in [0.4, 0.5) is 10.5 Å².